The standard InChI is InChI=1S/C13H16F2O3/c1-8(2)7-18-13(17)12(16)6-9-3-4-10(14)11(15)5-9/h3-5,8,12,16H,6-7H2,1-2H3. The molecule has 0 aliphatic rings. The Labute approximate surface area is 104 Å². The summed E-state index contributed by atoms with van der Waals surface area (Å²) in [5.41, 5.74) is 0.336. The van der Waals surface area contributed by atoms with Gasteiger partial charge in [0.2, 0.25) is 0 Å². The normalized spacial score (nSPS) is 12.6. The number of esters is 1. The van der Waals surface area contributed by atoms with Crippen molar-refractivity contribution in [2.45, 2.75) is 26.4 Å². The van der Waals surface area contributed by atoms with Crippen molar-refractivity contribution in [2.24, 2.45) is 5.92 Å². The molecule has 0 bridgehead atoms. The monoisotopic (exact) mass is 258 g/mol. The smallest absolute Gasteiger partial charge is 0.335 e. The van der Waals surface area contributed by atoms with Crippen LogP contribution in [0.15, 0.2) is 18.2 Å². The van der Waals surface area contributed by atoms with Crippen molar-refractivity contribution in [2.75, 3.05) is 6.61 Å². The Morgan fingerprint density at radius 3 is 2.56 bits per heavy atom. The van der Waals surface area contributed by atoms with Crippen LogP contribution < -0.4 is 0 Å². The summed E-state index contributed by atoms with van der Waals surface area (Å²) in [5.74, 6) is -2.55. The lowest BCUT2D eigenvalue weighted by Gasteiger charge is -2.12. The van der Waals surface area contributed by atoms with E-state index in [0.717, 1.165) is 12.1 Å². The lowest BCUT2D eigenvalue weighted by molar-refractivity contribution is -0.154. The van der Waals surface area contributed by atoms with Gasteiger partial charge in [-0.15, -0.1) is 0 Å². The van der Waals surface area contributed by atoms with Crippen LogP contribution in [0.5, 0.6) is 0 Å². The molecule has 1 N–H and O–H groups in total. The molecule has 0 saturated heterocycles. The van der Waals surface area contributed by atoms with Gasteiger partial charge in [-0.1, -0.05) is 19.9 Å². The summed E-state index contributed by atoms with van der Waals surface area (Å²) < 4.78 is 30.4. The number of hydrogen-bond donors (Lipinski definition) is 1. The van der Waals surface area contributed by atoms with Crippen LogP contribution in [-0.4, -0.2) is 23.8 Å². The molecule has 0 spiro atoms. The Bertz CT molecular complexity index is 419. The molecule has 1 rings (SSSR count). The van der Waals surface area contributed by atoms with Crippen LogP contribution in [-0.2, 0) is 16.0 Å². The Kier molecular flexibility index (Phi) is 5.22. The van der Waals surface area contributed by atoms with Gasteiger partial charge in [-0.3, -0.25) is 0 Å². The Morgan fingerprint density at radius 1 is 1.33 bits per heavy atom. The minimum atomic E-state index is -1.37. The second-order valence-corrected chi connectivity index (χ2v) is 4.49. The van der Waals surface area contributed by atoms with E-state index in [4.69, 9.17) is 4.74 Å². The Morgan fingerprint density at radius 2 is 2.00 bits per heavy atom. The van der Waals surface area contributed by atoms with Gasteiger partial charge >= 0.3 is 5.97 Å². The predicted molar refractivity (Wildman–Crippen MR) is 61.9 cm³/mol. The molecule has 0 aliphatic carbocycles. The van der Waals surface area contributed by atoms with Crippen molar-refractivity contribution in [1.82, 2.24) is 0 Å². The first-order valence-corrected chi connectivity index (χ1v) is 5.68. The van der Waals surface area contributed by atoms with E-state index in [9.17, 15) is 18.7 Å². The molecule has 1 atom stereocenters. The van der Waals surface area contributed by atoms with Crippen LogP contribution in [0.1, 0.15) is 19.4 Å². The van der Waals surface area contributed by atoms with Crippen molar-refractivity contribution >= 4 is 5.97 Å². The molecule has 0 saturated carbocycles. The summed E-state index contributed by atoms with van der Waals surface area (Å²) in [7, 11) is 0. The minimum absolute atomic E-state index is 0.103. The zero-order chi connectivity index (χ0) is 13.7. The van der Waals surface area contributed by atoms with Gasteiger partial charge in [-0.2, -0.15) is 0 Å². The molecule has 0 radical (unpaired) electrons. The lowest BCUT2D eigenvalue weighted by atomic mass is 10.1. The molecule has 100 valence electrons. The zero-order valence-corrected chi connectivity index (χ0v) is 10.3. The zero-order valence-electron chi connectivity index (χ0n) is 10.3. The first-order valence-electron chi connectivity index (χ1n) is 5.68. The molecule has 0 fully saturated rings. The van der Waals surface area contributed by atoms with E-state index in [0.29, 0.717) is 5.56 Å². The quantitative estimate of drug-likeness (QED) is 0.822. The van der Waals surface area contributed by atoms with Gasteiger partial charge in [-0.05, 0) is 23.6 Å². The van der Waals surface area contributed by atoms with E-state index in [2.05, 4.69) is 0 Å². The molecule has 1 aromatic carbocycles. The highest BCUT2D eigenvalue weighted by atomic mass is 19.2. The van der Waals surface area contributed by atoms with Gasteiger partial charge < -0.3 is 9.84 Å². The SMILES string of the molecule is CC(C)COC(=O)C(O)Cc1ccc(F)c(F)c1. The number of carbonyl (C=O) groups is 1. The maximum atomic E-state index is 12.9. The summed E-state index contributed by atoms with van der Waals surface area (Å²) in [5, 5.41) is 9.55. The first kappa shape index (κ1) is 14.6. The molecule has 0 heterocycles. The number of aliphatic hydroxyl groups is 1. The van der Waals surface area contributed by atoms with Crippen LogP contribution in [0.4, 0.5) is 8.78 Å². The minimum Gasteiger partial charge on any atom is -0.463 e. The summed E-state index contributed by atoms with van der Waals surface area (Å²) >= 11 is 0. The fourth-order valence-electron chi connectivity index (χ4n) is 1.32. The van der Waals surface area contributed by atoms with E-state index in [-0.39, 0.29) is 18.9 Å². The summed E-state index contributed by atoms with van der Waals surface area (Å²) in [6, 6.07) is 3.22. The number of hydrogen-bond acceptors (Lipinski definition) is 3. The molecule has 5 heteroatoms. The molecule has 18 heavy (non-hydrogen) atoms. The highest BCUT2D eigenvalue weighted by Crippen LogP contribution is 2.11. The Balaban J connectivity index is 2.55. The van der Waals surface area contributed by atoms with Gasteiger partial charge in [0.15, 0.2) is 17.7 Å². The summed E-state index contributed by atoms with van der Waals surface area (Å²) in [6.07, 6.45) is -1.47. The van der Waals surface area contributed by atoms with Crippen molar-refractivity contribution in [1.29, 1.82) is 0 Å². The third-order valence-corrected chi connectivity index (χ3v) is 2.24. The topological polar surface area (TPSA) is 46.5 Å². The van der Waals surface area contributed by atoms with Crippen LogP contribution >= 0.6 is 0 Å². The number of rotatable bonds is 5. The van der Waals surface area contributed by atoms with Gasteiger partial charge in [-0.25, -0.2) is 13.6 Å². The van der Waals surface area contributed by atoms with Gasteiger partial charge in [0.1, 0.15) is 0 Å². The van der Waals surface area contributed by atoms with E-state index in [1.54, 1.807) is 0 Å². The molecule has 1 unspecified atom stereocenters. The number of aliphatic hydroxyl groups excluding tert-OH is 1. The molecular weight excluding hydrogens is 242 g/mol. The lowest BCUT2D eigenvalue weighted by Crippen LogP contribution is -2.26. The third-order valence-electron chi connectivity index (χ3n) is 2.24. The number of benzene rings is 1. The predicted octanol–water partition coefficient (Wildman–Crippen LogP) is 2.07. The number of carbonyl (C=O) groups excluding carboxylic acids is 1. The average molecular weight is 258 g/mol. The maximum Gasteiger partial charge on any atom is 0.335 e. The summed E-state index contributed by atoms with van der Waals surface area (Å²) in [6.45, 7) is 3.96. The van der Waals surface area contributed by atoms with Crippen molar-refractivity contribution < 1.29 is 23.4 Å². The van der Waals surface area contributed by atoms with Crippen LogP contribution in [0, 0.1) is 17.6 Å². The van der Waals surface area contributed by atoms with E-state index < -0.39 is 23.7 Å². The maximum absolute atomic E-state index is 12.9. The van der Waals surface area contributed by atoms with Crippen molar-refractivity contribution in [3.63, 3.8) is 0 Å². The van der Waals surface area contributed by atoms with E-state index >= 15 is 0 Å². The van der Waals surface area contributed by atoms with Crippen molar-refractivity contribution in [3.05, 3.63) is 35.4 Å². The number of halogens is 2. The van der Waals surface area contributed by atoms with E-state index in [1.807, 2.05) is 13.8 Å². The van der Waals surface area contributed by atoms with Crippen LogP contribution in [0.25, 0.3) is 0 Å². The molecular formula is C13H16F2O3. The summed E-state index contributed by atoms with van der Waals surface area (Å²) in [4.78, 5) is 11.4. The Hall–Kier alpha value is -1.49. The average Bonchev–Trinajstić information content (AvgIpc) is 2.30. The fraction of sp³-hybridized carbons (Fsp3) is 0.462. The first-order chi connectivity index (χ1) is 8.40. The number of ether oxygens (including phenoxy) is 1. The molecule has 0 amide bonds. The molecule has 1 aromatic rings. The van der Waals surface area contributed by atoms with E-state index in [1.165, 1.54) is 6.07 Å². The highest BCUT2D eigenvalue weighted by molar-refractivity contribution is 5.74. The highest BCUT2D eigenvalue weighted by Gasteiger charge is 2.18. The molecule has 0 aliphatic heterocycles. The second kappa shape index (κ2) is 6.44. The largest absolute Gasteiger partial charge is 0.463 e. The van der Waals surface area contributed by atoms with Gasteiger partial charge in [0.25, 0.3) is 0 Å². The van der Waals surface area contributed by atoms with Crippen molar-refractivity contribution in [3.8, 4) is 0 Å². The van der Waals surface area contributed by atoms with Gasteiger partial charge in [0, 0.05) is 6.42 Å². The van der Waals surface area contributed by atoms with Gasteiger partial charge in [0.05, 0.1) is 6.61 Å². The molecule has 0 aromatic heterocycles. The van der Waals surface area contributed by atoms with Crippen LogP contribution in [0.2, 0.25) is 0 Å². The van der Waals surface area contributed by atoms with Crippen LogP contribution in [0.3, 0.4) is 0 Å². The molecule has 3 nitrogen and oxygen atoms in total. The fourth-order valence-corrected chi connectivity index (χ4v) is 1.32. The second-order valence-electron chi connectivity index (χ2n) is 4.49. The third kappa shape index (κ3) is 4.41.